The number of carbonyl (C=O) groups excluding carboxylic acids is 2. The zero-order valence-electron chi connectivity index (χ0n) is 19.8. The van der Waals surface area contributed by atoms with Gasteiger partial charge in [0.25, 0.3) is 0 Å². The van der Waals surface area contributed by atoms with E-state index in [0.29, 0.717) is 0 Å². The van der Waals surface area contributed by atoms with Gasteiger partial charge in [0.1, 0.15) is 6.04 Å². The third-order valence-electron chi connectivity index (χ3n) is 6.22. The highest BCUT2D eigenvalue weighted by Crippen LogP contribution is 2.20. The SMILES string of the molecule is Cc1ccc(S(=O)(=O)N(C)CC(=O)N(Cc2ccc(Br)cc2)[C@H](C)C(=O)NC2CCCC2)cc1. The molecule has 0 aliphatic heterocycles. The van der Waals surface area contributed by atoms with Crippen molar-refractivity contribution in [1.82, 2.24) is 14.5 Å². The van der Waals surface area contributed by atoms with Gasteiger partial charge in [-0.2, -0.15) is 4.31 Å². The number of hydrogen-bond donors (Lipinski definition) is 1. The minimum absolute atomic E-state index is 0.125. The Kier molecular flexibility index (Phi) is 8.89. The molecule has 1 aliphatic carbocycles. The molecule has 2 aromatic rings. The Labute approximate surface area is 210 Å². The lowest BCUT2D eigenvalue weighted by atomic mass is 10.1. The van der Waals surface area contributed by atoms with Crippen molar-refractivity contribution < 1.29 is 18.0 Å². The number of aryl methyl sites for hydroxylation is 1. The zero-order chi connectivity index (χ0) is 24.9. The monoisotopic (exact) mass is 549 g/mol. The highest BCUT2D eigenvalue weighted by molar-refractivity contribution is 9.10. The molecule has 0 radical (unpaired) electrons. The first kappa shape index (κ1) is 26.4. The van der Waals surface area contributed by atoms with Crippen molar-refractivity contribution in [2.45, 2.75) is 63.1 Å². The van der Waals surface area contributed by atoms with E-state index in [4.69, 9.17) is 0 Å². The van der Waals surface area contributed by atoms with Crippen molar-refractivity contribution in [3.63, 3.8) is 0 Å². The first-order valence-corrected chi connectivity index (χ1v) is 13.7. The molecular weight excluding hydrogens is 518 g/mol. The molecule has 0 heterocycles. The predicted octanol–water partition coefficient (Wildman–Crippen LogP) is 3.85. The van der Waals surface area contributed by atoms with E-state index in [2.05, 4.69) is 21.2 Å². The number of nitrogens with zero attached hydrogens (tertiary/aromatic N) is 2. The first-order chi connectivity index (χ1) is 16.1. The fraction of sp³-hybridized carbons (Fsp3) is 0.440. The zero-order valence-corrected chi connectivity index (χ0v) is 22.2. The minimum atomic E-state index is -3.85. The van der Waals surface area contributed by atoms with Gasteiger partial charge in [-0.15, -0.1) is 0 Å². The second-order valence-electron chi connectivity index (χ2n) is 8.89. The molecule has 1 aliphatic rings. The van der Waals surface area contributed by atoms with Crippen molar-refractivity contribution in [2.75, 3.05) is 13.6 Å². The fourth-order valence-electron chi connectivity index (χ4n) is 4.02. The Morgan fingerprint density at radius 1 is 1.06 bits per heavy atom. The molecule has 3 rings (SSSR count). The van der Waals surface area contributed by atoms with Crippen molar-refractivity contribution in [3.8, 4) is 0 Å². The molecule has 1 N–H and O–H groups in total. The Hall–Kier alpha value is -2.23. The number of sulfonamides is 1. The lowest BCUT2D eigenvalue weighted by Crippen LogP contribution is -2.52. The van der Waals surface area contributed by atoms with E-state index < -0.39 is 22.0 Å². The summed E-state index contributed by atoms with van der Waals surface area (Å²) in [5, 5.41) is 3.05. The smallest absolute Gasteiger partial charge is 0.243 e. The van der Waals surface area contributed by atoms with Gasteiger partial charge in [-0.05, 0) is 56.5 Å². The Bertz CT molecular complexity index is 1100. The number of nitrogens with one attached hydrogen (secondary N) is 1. The second-order valence-corrected chi connectivity index (χ2v) is 11.8. The summed E-state index contributed by atoms with van der Waals surface area (Å²) in [5.41, 5.74) is 1.79. The summed E-state index contributed by atoms with van der Waals surface area (Å²) in [4.78, 5) is 27.9. The van der Waals surface area contributed by atoms with Gasteiger partial charge >= 0.3 is 0 Å². The van der Waals surface area contributed by atoms with Gasteiger partial charge in [0.15, 0.2) is 0 Å². The number of carbonyl (C=O) groups is 2. The molecule has 9 heteroatoms. The van der Waals surface area contributed by atoms with Crippen molar-refractivity contribution in [1.29, 1.82) is 0 Å². The molecule has 184 valence electrons. The molecule has 34 heavy (non-hydrogen) atoms. The molecule has 0 bridgehead atoms. The van der Waals surface area contributed by atoms with Crippen molar-refractivity contribution >= 4 is 37.8 Å². The summed E-state index contributed by atoms with van der Waals surface area (Å²) >= 11 is 3.40. The molecular formula is C25H32BrN3O4S. The van der Waals surface area contributed by atoms with Gasteiger partial charge in [-0.1, -0.05) is 58.6 Å². The number of amides is 2. The largest absolute Gasteiger partial charge is 0.352 e. The molecule has 0 saturated heterocycles. The number of rotatable bonds is 9. The highest BCUT2D eigenvalue weighted by Gasteiger charge is 2.31. The van der Waals surface area contributed by atoms with Gasteiger partial charge in [0, 0.05) is 24.1 Å². The topological polar surface area (TPSA) is 86.8 Å². The molecule has 1 fully saturated rings. The number of hydrogen-bond acceptors (Lipinski definition) is 4. The quantitative estimate of drug-likeness (QED) is 0.514. The molecule has 0 aromatic heterocycles. The number of benzene rings is 2. The van der Waals surface area contributed by atoms with Crippen LogP contribution in [-0.4, -0.2) is 55.1 Å². The minimum Gasteiger partial charge on any atom is -0.352 e. The lowest BCUT2D eigenvalue weighted by Gasteiger charge is -2.31. The van der Waals surface area contributed by atoms with Crippen LogP contribution in [0, 0.1) is 6.92 Å². The average molecular weight is 551 g/mol. The van der Waals surface area contributed by atoms with Gasteiger partial charge in [0.2, 0.25) is 21.8 Å². The molecule has 2 amide bonds. The highest BCUT2D eigenvalue weighted by atomic mass is 79.9. The van der Waals surface area contributed by atoms with Gasteiger partial charge in [-0.25, -0.2) is 8.42 Å². The Morgan fingerprint density at radius 3 is 2.24 bits per heavy atom. The standard InChI is InChI=1S/C25H32BrN3O4S/c1-18-8-14-23(15-9-18)34(32,33)28(3)17-24(30)29(16-20-10-12-21(26)13-11-20)19(2)25(31)27-22-6-4-5-7-22/h8-15,19,22H,4-7,16-17H2,1-3H3,(H,27,31)/t19-/m1/s1. The third kappa shape index (κ3) is 6.67. The molecule has 1 saturated carbocycles. The van der Waals surface area contributed by atoms with Crippen LogP contribution in [0.1, 0.15) is 43.7 Å². The summed E-state index contributed by atoms with van der Waals surface area (Å²) in [6.45, 7) is 3.40. The van der Waals surface area contributed by atoms with Crippen LogP contribution in [0.5, 0.6) is 0 Å². The molecule has 7 nitrogen and oxygen atoms in total. The van der Waals surface area contributed by atoms with Crippen LogP contribution >= 0.6 is 15.9 Å². The van der Waals surface area contributed by atoms with E-state index >= 15 is 0 Å². The van der Waals surface area contributed by atoms with E-state index in [-0.39, 0.29) is 29.9 Å². The number of halogens is 1. The van der Waals surface area contributed by atoms with E-state index in [1.807, 2.05) is 31.2 Å². The Balaban J connectivity index is 1.78. The second kappa shape index (κ2) is 11.5. The molecule has 0 unspecified atom stereocenters. The third-order valence-corrected chi connectivity index (χ3v) is 8.57. The van der Waals surface area contributed by atoms with Crippen LogP contribution in [0.3, 0.4) is 0 Å². The Morgan fingerprint density at radius 2 is 1.65 bits per heavy atom. The van der Waals surface area contributed by atoms with E-state index in [1.165, 1.54) is 24.1 Å². The normalized spacial score (nSPS) is 15.3. The first-order valence-electron chi connectivity index (χ1n) is 11.4. The molecule has 1 atom stereocenters. The molecule has 0 spiro atoms. The summed E-state index contributed by atoms with van der Waals surface area (Å²) < 4.78 is 27.9. The van der Waals surface area contributed by atoms with Crippen LogP contribution in [-0.2, 0) is 26.2 Å². The van der Waals surface area contributed by atoms with Crippen molar-refractivity contribution in [3.05, 3.63) is 64.1 Å². The maximum absolute atomic E-state index is 13.4. The maximum Gasteiger partial charge on any atom is 0.243 e. The predicted molar refractivity (Wildman–Crippen MR) is 136 cm³/mol. The van der Waals surface area contributed by atoms with Crippen LogP contribution in [0.2, 0.25) is 0 Å². The van der Waals surface area contributed by atoms with E-state index in [9.17, 15) is 18.0 Å². The summed E-state index contributed by atoms with van der Waals surface area (Å²) in [5.74, 6) is -0.656. The lowest BCUT2D eigenvalue weighted by molar-refractivity contribution is -0.140. The van der Waals surface area contributed by atoms with Gasteiger partial charge in [0.05, 0.1) is 11.4 Å². The average Bonchev–Trinajstić information content (AvgIpc) is 3.31. The molecule has 2 aromatic carbocycles. The summed E-state index contributed by atoms with van der Waals surface area (Å²) in [6, 6.07) is 13.4. The van der Waals surface area contributed by atoms with Crippen LogP contribution in [0.15, 0.2) is 57.9 Å². The van der Waals surface area contributed by atoms with Gasteiger partial charge < -0.3 is 10.2 Å². The number of likely N-dealkylation sites (N-methyl/N-ethyl adjacent to an activating group) is 1. The van der Waals surface area contributed by atoms with Crippen LogP contribution in [0.25, 0.3) is 0 Å². The van der Waals surface area contributed by atoms with Crippen LogP contribution in [0.4, 0.5) is 0 Å². The fourth-order valence-corrected chi connectivity index (χ4v) is 5.40. The van der Waals surface area contributed by atoms with Gasteiger partial charge in [-0.3, -0.25) is 9.59 Å². The summed E-state index contributed by atoms with van der Waals surface area (Å²) in [7, 11) is -2.47. The maximum atomic E-state index is 13.4. The van der Waals surface area contributed by atoms with E-state index in [1.54, 1.807) is 19.1 Å². The van der Waals surface area contributed by atoms with Crippen molar-refractivity contribution in [2.24, 2.45) is 0 Å². The summed E-state index contributed by atoms with van der Waals surface area (Å²) in [6.07, 6.45) is 4.05. The van der Waals surface area contributed by atoms with Crippen LogP contribution < -0.4 is 5.32 Å². The van der Waals surface area contributed by atoms with E-state index in [0.717, 1.165) is 45.6 Å².